The number of amides is 1. The molecule has 1 aromatic heterocycles. The number of carbonyl (C=O) groups excluding carboxylic acids is 1. The van der Waals surface area contributed by atoms with Crippen LogP contribution in [0.3, 0.4) is 0 Å². The van der Waals surface area contributed by atoms with Gasteiger partial charge in [-0.15, -0.1) is 0 Å². The monoisotopic (exact) mass is 342 g/mol. The Labute approximate surface area is 147 Å². The van der Waals surface area contributed by atoms with Crippen molar-refractivity contribution in [2.45, 2.75) is 39.4 Å². The molecule has 2 unspecified atom stereocenters. The Kier molecular flexibility index (Phi) is 5.50. The highest BCUT2D eigenvalue weighted by molar-refractivity contribution is 5.80. The Hall–Kier alpha value is -2.78. The van der Waals surface area contributed by atoms with E-state index in [1.807, 2.05) is 6.07 Å². The summed E-state index contributed by atoms with van der Waals surface area (Å²) in [5, 5.41) is 22.2. The molecule has 132 valence electrons. The van der Waals surface area contributed by atoms with Crippen molar-refractivity contribution in [2.75, 3.05) is 6.54 Å². The number of hydrogen-bond donors (Lipinski definition) is 2. The number of nitriles is 1. The molecule has 1 heterocycles. The van der Waals surface area contributed by atoms with E-state index in [1.54, 1.807) is 58.0 Å². The van der Waals surface area contributed by atoms with E-state index in [-0.39, 0.29) is 12.5 Å². The van der Waals surface area contributed by atoms with Crippen LogP contribution in [0.2, 0.25) is 0 Å². The van der Waals surface area contributed by atoms with E-state index >= 15 is 0 Å². The average molecular weight is 342 g/mol. The summed E-state index contributed by atoms with van der Waals surface area (Å²) in [5.41, 5.74) is -0.155. The second-order valence-corrected chi connectivity index (χ2v) is 6.22. The fourth-order valence-electron chi connectivity index (χ4n) is 2.56. The van der Waals surface area contributed by atoms with Crippen LogP contribution in [0.5, 0.6) is 5.75 Å². The molecule has 0 saturated heterocycles. The SMILES string of the molecule is Cc1cc(C(C)(O)CNC(=O)C(C)Oc2cccc(C#N)c2)c(C)o1. The fourth-order valence-corrected chi connectivity index (χ4v) is 2.56. The van der Waals surface area contributed by atoms with Crippen LogP contribution in [0.15, 0.2) is 34.7 Å². The minimum Gasteiger partial charge on any atom is -0.481 e. The summed E-state index contributed by atoms with van der Waals surface area (Å²) in [6, 6.07) is 10.4. The van der Waals surface area contributed by atoms with E-state index in [0.717, 1.165) is 0 Å². The van der Waals surface area contributed by atoms with Gasteiger partial charge in [0, 0.05) is 5.56 Å². The number of nitrogens with one attached hydrogen (secondary N) is 1. The largest absolute Gasteiger partial charge is 0.481 e. The number of rotatable bonds is 6. The molecule has 0 radical (unpaired) electrons. The van der Waals surface area contributed by atoms with Gasteiger partial charge in [0.05, 0.1) is 18.2 Å². The first-order chi connectivity index (χ1) is 11.7. The third-order valence-electron chi connectivity index (χ3n) is 3.87. The molecular weight excluding hydrogens is 320 g/mol. The van der Waals surface area contributed by atoms with Crippen LogP contribution in [0.1, 0.15) is 36.5 Å². The van der Waals surface area contributed by atoms with Gasteiger partial charge in [-0.2, -0.15) is 5.26 Å². The van der Waals surface area contributed by atoms with Crippen LogP contribution in [-0.2, 0) is 10.4 Å². The van der Waals surface area contributed by atoms with Crippen molar-refractivity contribution >= 4 is 5.91 Å². The first kappa shape index (κ1) is 18.6. The third-order valence-corrected chi connectivity index (χ3v) is 3.87. The van der Waals surface area contributed by atoms with E-state index in [0.29, 0.717) is 28.4 Å². The average Bonchev–Trinajstić information content (AvgIpc) is 2.92. The molecule has 2 aromatic rings. The molecule has 0 aliphatic rings. The number of nitrogens with zero attached hydrogens (tertiary/aromatic N) is 1. The second-order valence-electron chi connectivity index (χ2n) is 6.22. The van der Waals surface area contributed by atoms with E-state index in [9.17, 15) is 9.90 Å². The lowest BCUT2D eigenvalue weighted by Crippen LogP contribution is -2.43. The molecule has 25 heavy (non-hydrogen) atoms. The van der Waals surface area contributed by atoms with Gasteiger partial charge in [-0.05, 0) is 52.0 Å². The maximum atomic E-state index is 12.2. The zero-order valence-corrected chi connectivity index (χ0v) is 14.8. The highest BCUT2D eigenvalue weighted by Crippen LogP contribution is 2.26. The number of ether oxygens (including phenoxy) is 1. The quantitative estimate of drug-likeness (QED) is 0.841. The van der Waals surface area contributed by atoms with Crippen molar-refractivity contribution < 1.29 is 19.1 Å². The molecule has 2 rings (SSSR count). The van der Waals surface area contributed by atoms with Crippen LogP contribution in [0, 0.1) is 25.2 Å². The van der Waals surface area contributed by atoms with E-state index < -0.39 is 11.7 Å². The van der Waals surface area contributed by atoms with Gasteiger partial charge in [-0.1, -0.05) is 6.07 Å². The molecular formula is C19H22N2O4. The lowest BCUT2D eigenvalue weighted by atomic mass is 9.96. The molecule has 0 saturated carbocycles. The van der Waals surface area contributed by atoms with Crippen molar-refractivity contribution in [3.05, 3.63) is 53.0 Å². The van der Waals surface area contributed by atoms with Crippen molar-refractivity contribution in [3.8, 4) is 11.8 Å². The van der Waals surface area contributed by atoms with E-state index in [1.165, 1.54) is 0 Å². The standard InChI is InChI=1S/C19H22N2O4/c1-12-8-17(13(2)24-12)19(4,23)11-21-18(22)14(3)25-16-7-5-6-15(9-16)10-20/h5-9,14,23H,11H2,1-4H3,(H,21,22). The lowest BCUT2D eigenvalue weighted by molar-refractivity contribution is -0.128. The Morgan fingerprint density at radius 2 is 2.16 bits per heavy atom. The lowest BCUT2D eigenvalue weighted by Gasteiger charge is -2.24. The molecule has 0 spiro atoms. The maximum absolute atomic E-state index is 12.2. The fraction of sp³-hybridized carbons (Fsp3) is 0.368. The van der Waals surface area contributed by atoms with Crippen LogP contribution in [0.4, 0.5) is 0 Å². The van der Waals surface area contributed by atoms with Gasteiger partial charge < -0.3 is 19.6 Å². The van der Waals surface area contributed by atoms with Gasteiger partial charge in [-0.3, -0.25) is 4.79 Å². The van der Waals surface area contributed by atoms with Gasteiger partial charge in [0.25, 0.3) is 5.91 Å². The first-order valence-corrected chi connectivity index (χ1v) is 7.97. The Morgan fingerprint density at radius 1 is 1.44 bits per heavy atom. The smallest absolute Gasteiger partial charge is 0.260 e. The summed E-state index contributed by atoms with van der Waals surface area (Å²) in [6.45, 7) is 6.82. The zero-order valence-electron chi connectivity index (χ0n) is 14.8. The molecule has 0 aliphatic carbocycles. The minimum atomic E-state index is -1.25. The molecule has 1 amide bonds. The normalized spacial score (nSPS) is 14.2. The van der Waals surface area contributed by atoms with Gasteiger partial charge in [0.15, 0.2) is 6.10 Å². The summed E-state index contributed by atoms with van der Waals surface area (Å²) in [7, 11) is 0. The Balaban J connectivity index is 1.97. The predicted octanol–water partition coefficient (Wildman–Crippen LogP) is 2.56. The van der Waals surface area contributed by atoms with Crippen molar-refractivity contribution in [2.24, 2.45) is 0 Å². The Morgan fingerprint density at radius 3 is 2.76 bits per heavy atom. The van der Waals surface area contributed by atoms with Crippen molar-refractivity contribution in [1.29, 1.82) is 5.26 Å². The van der Waals surface area contributed by atoms with Crippen LogP contribution in [0.25, 0.3) is 0 Å². The van der Waals surface area contributed by atoms with Gasteiger partial charge in [-0.25, -0.2) is 0 Å². The molecule has 6 heteroatoms. The second kappa shape index (κ2) is 7.41. The molecule has 2 atom stereocenters. The number of aliphatic hydroxyl groups is 1. The van der Waals surface area contributed by atoms with E-state index in [2.05, 4.69) is 5.32 Å². The number of benzene rings is 1. The number of hydrogen-bond acceptors (Lipinski definition) is 5. The highest BCUT2D eigenvalue weighted by atomic mass is 16.5. The molecule has 0 fully saturated rings. The number of furan rings is 1. The zero-order chi connectivity index (χ0) is 18.6. The highest BCUT2D eigenvalue weighted by Gasteiger charge is 2.29. The summed E-state index contributed by atoms with van der Waals surface area (Å²) >= 11 is 0. The van der Waals surface area contributed by atoms with Crippen molar-refractivity contribution in [1.82, 2.24) is 5.32 Å². The topological polar surface area (TPSA) is 95.5 Å². The van der Waals surface area contributed by atoms with Gasteiger partial charge >= 0.3 is 0 Å². The Bertz CT molecular complexity index is 802. The van der Waals surface area contributed by atoms with E-state index in [4.69, 9.17) is 14.4 Å². The first-order valence-electron chi connectivity index (χ1n) is 7.97. The molecule has 0 bridgehead atoms. The summed E-state index contributed by atoms with van der Waals surface area (Å²) in [6.07, 6.45) is -0.767. The maximum Gasteiger partial charge on any atom is 0.260 e. The molecule has 6 nitrogen and oxygen atoms in total. The van der Waals surface area contributed by atoms with Crippen LogP contribution in [-0.4, -0.2) is 23.7 Å². The summed E-state index contributed by atoms with van der Waals surface area (Å²) in [4.78, 5) is 12.2. The van der Waals surface area contributed by atoms with Crippen LogP contribution < -0.4 is 10.1 Å². The van der Waals surface area contributed by atoms with Crippen LogP contribution >= 0.6 is 0 Å². The summed E-state index contributed by atoms with van der Waals surface area (Å²) < 4.78 is 11.0. The predicted molar refractivity (Wildman–Crippen MR) is 92.0 cm³/mol. The molecule has 2 N–H and O–H groups in total. The number of aryl methyl sites for hydroxylation is 2. The number of carbonyl (C=O) groups is 1. The third kappa shape index (κ3) is 4.61. The van der Waals surface area contributed by atoms with Crippen molar-refractivity contribution in [3.63, 3.8) is 0 Å². The van der Waals surface area contributed by atoms with Gasteiger partial charge in [0.2, 0.25) is 0 Å². The summed E-state index contributed by atoms with van der Waals surface area (Å²) in [5.74, 6) is 1.40. The molecule has 0 aliphatic heterocycles. The molecule has 1 aromatic carbocycles. The minimum absolute atomic E-state index is 0.0254. The van der Waals surface area contributed by atoms with Gasteiger partial charge in [0.1, 0.15) is 22.9 Å².